The molecule has 14 heavy (non-hydrogen) atoms. The van der Waals surface area contributed by atoms with Gasteiger partial charge in [-0.2, -0.15) is 0 Å². The monoisotopic (exact) mass is 216 g/mol. The van der Waals surface area contributed by atoms with Gasteiger partial charge in [0.15, 0.2) is 0 Å². The van der Waals surface area contributed by atoms with Gasteiger partial charge in [0, 0.05) is 14.2 Å². The number of hydrogen-bond acceptors (Lipinski definition) is 3. The van der Waals surface area contributed by atoms with Crippen LogP contribution in [0.4, 0.5) is 0 Å². The van der Waals surface area contributed by atoms with E-state index in [2.05, 4.69) is 0 Å². The third-order valence-corrected chi connectivity index (χ3v) is 7.64. The van der Waals surface area contributed by atoms with Gasteiger partial charge in [-0.3, -0.25) is 0 Å². The van der Waals surface area contributed by atoms with E-state index in [1.165, 1.54) is 6.42 Å². The normalized spacial score (nSPS) is 21.9. The lowest BCUT2D eigenvalue weighted by Crippen LogP contribution is -2.51. The molecule has 0 unspecified atom stereocenters. The first kappa shape index (κ1) is 11.9. The van der Waals surface area contributed by atoms with E-state index in [1.807, 2.05) is 6.55 Å². The molecule has 0 amide bonds. The first-order valence-corrected chi connectivity index (χ1v) is 7.52. The van der Waals surface area contributed by atoms with Crippen LogP contribution in [0.1, 0.15) is 32.1 Å². The number of carbonyl (C=O) groups is 1. The summed E-state index contributed by atoms with van der Waals surface area (Å²) in [5.41, 5.74) is 0. The molecule has 0 radical (unpaired) electrons. The average Bonchev–Trinajstić information content (AvgIpc) is 2.28. The third kappa shape index (κ3) is 1.78. The molecule has 1 rings (SSSR count). The molecule has 0 aromatic carbocycles. The fraction of sp³-hybridized carbons (Fsp3) is 0.900. The van der Waals surface area contributed by atoms with Gasteiger partial charge in [0.1, 0.15) is 6.29 Å². The molecule has 0 aromatic heterocycles. The molecule has 82 valence electrons. The quantitative estimate of drug-likeness (QED) is 0.534. The van der Waals surface area contributed by atoms with E-state index >= 15 is 0 Å². The Bertz CT molecular complexity index is 196. The first-order chi connectivity index (χ1) is 6.64. The average molecular weight is 216 g/mol. The van der Waals surface area contributed by atoms with E-state index in [0.29, 0.717) is 0 Å². The van der Waals surface area contributed by atoms with Crippen LogP contribution < -0.4 is 0 Å². The van der Waals surface area contributed by atoms with Crippen molar-refractivity contribution < 1.29 is 13.6 Å². The van der Waals surface area contributed by atoms with E-state index in [4.69, 9.17) is 8.85 Å². The molecule has 4 heteroatoms. The molecule has 0 atom stereocenters. The minimum atomic E-state index is -2.31. The van der Waals surface area contributed by atoms with E-state index in [1.54, 1.807) is 14.2 Å². The van der Waals surface area contributed by atoms with E-state index in [9.17, 15) is 4.79 Å². The summed E-state index contributed by atoms with van der Waals surface area (Å²) in [7, 11) is 1.01. The van der Waals surface area contributed by atoms with Crippen molar-refractivity contribution in [1.29, 1.82) is 0 Å². The third-order valence-electron chi connectivity index (χ3n) is 3.65. The summed E-state index contributed by atoms with van der Waals surface area (Å²) in [6.07, 6.45) is 6.42. The Hall–Kier alpha value is -0.193. The largest absolute Gasteiger partial charge is 0.397 e. The Morgan fingerprint density at radius 3 is 2.00 bits per heavy atom. The Balaban J connectivity index is 2.90. The van der Waals surface area contributed by atoms with Crippen molar-refractivity contribution in [2.75, 3.05) is 14.2 Å². The zero-order valence-electron chi connectivity index (χ0n) is 9.34. The predicted octanol–water partition coefficient (Wildman–Crippen LogP) is 2.25. The Kier molecular flexibility index (Phi) is 3.86. The summed E-state index contributed by atoms with van der Waals surface area (Å²) in [5.74, 6) is 0. The van der Waals surface area contributed by atoms with E-state index in [0.717, 1.165) is 32.0 Å². The van der Waals surface area contributed by atoms with Gasteiger partial charge in [-0.05, 0) is 19.4 Å². The van der Waals surface area contributed by atoms with Crippen LogP contribution in [0.15, 0.2) is 0 Å². The van der Waals surface area contributed by atoms with Crippen molar-refractivity contribution in [2.45, 2.75) is 43.7 Å². The molecular formula is C10H20O3Si. The number of rotatable bonds is 4. The molecule has 1 aliphatic carbocycles. The summed E-state index contributed by atoms with van der Waals surface area (Å²) in [4.78, 5) is 11.3. The van der Waals surface area contributed by atoms with E-state index < -0.39 is 8.56 Å². The lowest BCUT2D eigenvalue weighted by atomic mass is 9.89. The maximum atomic E-state index is 11.3. The second-order valence-electron chi connectivity index (χ2n) is 4.19. The van der Waals surface area contributed by atoms with Crippen molar-refractivity contribution in [2.24, 2.45) is 0 Å². The van der Waals surface area contributed by atoms with Crippen molar-refractivity contribution in [1.82, 2.24) is 0 Å². The topological polar surface area (TPSA) is 35.5 Å². The molecule has 0 bridgehead atoms. The minimum Gasteiger partial charge on any atom is -0.397 e. The SMILES string of the molecule is CO[Si](C)(OC)C1(C=O)CCCCC1. The molecule has 3 nitrogen and oxygen atoms in total. The molecule has 0 saturated heterocycles. The lowest BCUT2D eigenvalue weighted by Gasteiger charge is -2.42. The second kappa shape index (κ2) is 4.55. The molecule has 0 heterocycles. The van der Waals surface area contributed by atoms with Crippen LogP contribution in [0.25, 0.3) is 0 Å². The molecule has 0 aromatic rings. The smallest absolute Gasteiger partial charge is 0.348 e. The summed E-state index contributed by atoms with van der Waals surface area (Å²) in [6.45, 7) is 1.99. The van der Waals surface area contributed by atoms with Crippen molar-refractivity contribution in [3.05, 3.63) is 0 Å². The van der Waals surface area contributed by atoms with Gasteiger partial charge in [0.2, 0.25) is 0 Å². The van der Waals surface area contributed by atoms with Crippen LogP contribution in [0.5, 0.6) is 0 Å². The molecule has 0 N–H and O–H groups in total. The molecular weight excluding hydrogens is 196 g/mol. The molecule has 1 fully saturated rings. The van der Waals surface area contributed by atoms with Crippen LogP contribution in [0, 0.1) is 0 Å². The van der Waals surface area contributed by atoms with Crippen molar-refractivity contribution >= 4 is 14.8 Å². The summed E-state index contributed by atoms with van der Waals surface area (Å²) < 4.78 is 11.0. The van der Waals surface area contributed by atoms with Gasteiger partial charge in [-0.15, -0.1) is 0 Å². The standard InChI is InChI=1S/C10H20O3Si/c1-12-14(3,13-2)10(9-11)7-5-4-6-8-10/h9H,4-8H2,1-3H3. The molecule has 0 spiro atoms. The van der Waals surface area contributed by atoms with Gasteiger partial charge in [0.05, 0.1) is 5.04 Å². The van der Waals surface area contributed by atoms with Crippen LogP contribution in [0.2, 0.25) is 11.6 Å². The molecule has 1 saturated carbocycles. The fourth-order valence-corrected chi connectivity index (χ4v) is 4.81. The number of hydrogen-bond donors (Lipinski definition) is 0. The fourth-order valence-electron chi connectivity index (χ4n) is 2.35. The highest BCUT2D eigenvalue weighted by Crippen LogP contribution is 2.49. The summed E-state index contributed by atoms with van der Waals surface area (Å²) in [6, 6.07) is 0. The van der Waals surface area contributed by atoms with Gasteiger partial charge < -0.3 is 13.6 Å². The highest BCUT2D eigenvalue weighted by Gasteiger charge is 2.53. The number of aldehydes is 1. The Labute approximate surface area is 87.0 Å². The van der Waals surface area contributed by atoms with Gasteiger partial charge in [0.25, 0.3) is 0 Å². The van der Waals surface area contributed by atoms with Crippen LogP contribution in [-0.2, 0) is 13.6 Å². The Morgan fingerprint density at radius 1 is 1.14 bits per heavy atom. The maximum Gasteiger partial charge on any atom is 0.348 e. The highest BCUT2D eigenvalue weighted by molar-refractivity contribution is 6.72. The lowest BCUT2D eigenvalue weighted by molar-refractivity contribution is -0.112. The maximum absolute atomic E-state index is 11.3. The van der Waals surface area contributed by atoms with E-state index in [-0.39, 0.29) is 5.04 Å². The zero-order chi connectivity index (χ0) is 10.7. The first-order valence-electron chi connectivity index (χ1n) is 5.21. The molecule has 0 aliphatic heterocycles. The van der Waals surface area contributed by atoms with Crippen molar-refractivity contribution in [3.8, 4) is 0 Å². The van der Waals surface area contributed by atoms with Gasteiger partial charge >= 0.3 is 8.56 Å². The highest BCUT2D eigenvalue weighted by atomic mass is 28.4. The van der Waals surface area contributed by atoms with Gasteiger partial charge in [-0.25, -0.2) is 0 Å². The van der Waals surface area contributed by atoms with Gasteiger partial charge in [-0.1, -0.05) is 19.3 Å². The van der Waals surface area contributed by atoms with Crippen LogP contribution >= 0.6 is 0 Å². The Morgan fingerprint density at radius 2 is 1.64 bits per heavy atom. The minimum absolute atomic E-state index is 0.311. The summed E-state index contributed by atoms with van der Waals surface area (Å²) in [5, 5.41) is -0.311. The second-order valence-corrected chi connectivity index (χ2v) is 7.89. The van der Waals surface area contributed by atoms with Crippen LogP contribution in [0.3, 0.4) is 0 Å². The molecule has 1 aliphatic rings. The van der Waals surface area contributed by atoms with Crippen molar-refractivity contribution in [3.63, 3.8) is 0 Å². The summed E-state index contributed by atoms with van der Waals surface area (Å²) >= 11 is 0. The van der Waals surface area contributed by atoms with Crippen LogP contribution in [-0.4, -0.2) is 29.1 Å². The zero-order valence-corrected chi connectivity index (χ0v) is 10.3. The predicted molar refractivity (Wildman–Crippen MR) is 57.5 cm³/mol. The number of carbonyl (C=O) groups excluding carboxylic acids is 1.